The normalized spacial score (nSPS) is 16.2. The van der Waals surface area contributed by atoms with Gasteiger partial charge < -0.3 is 19.9 Å². The standard InChI is InChI=1S/C23H28BrN3O3/c1-3-26(4-2)13-14-30-21-8-6-5-7-20(21)25-23(29)17-15-22(28)27(16-17)19-11-9-18(24)10-12-19/h5-12,17H,3-4,13-16H2,1-2H3,(H,25,29). The number of hydrogen-bond acceptors (Lipinski definition) is 4. The van der Waals surface area contributed by atoms with Gasteiger partial charge in [0.1, 0.15) is 12.4 Å². The van der Waals surface area contributed by atoms with Gasteiger partial charge in [-0.1, -0.05) is 41.9 Å². The maximum atomic E-state index is 12.9. The van der Waals surface area contributed by atoms with Gasteiger partial charge in [-0.25, -0.2) is 0 Å². The summed E-state index contributed by atoms with van der Waals surface area (Å²) in [5.74, 6) is 0.0426. The molecule has 160 valence electrons. The Bertz CT molecular complexity index is 868. The molecule has 1 atom stereocenters. The summed E-state index contributed by atoms with van der Waals surface area (Å²) in [4.78, 5) is 29.3. The minimum atomic E-state index is -0.398. The van der Waals surface area contributed by atoms with E-state index in [4.69, 9.17) is 4.74 Å². The van der Waals surface area contributed by atoms with Crippen LogP contribution in [0.1, 0.15) is 20.3 Å². The summed E-state index contributed by atoms with van der Waals surface area (Å²) in [7, 11) is 0. The van der Waals surface area contributed by atoms with Gasteiger partial charge in [-0.15, -0.1) is 0 Å². The minimum Gasteiger partial charge on any atom is -0.490 e. The highest BCUT2D eigenvalue weighted by atomic mass is 79.9. The number of carbonyl (C=O) groups excluding carboxylic acids is 2. The van der Waals surface area contributed by atoms with Gasteiger partial charge >= 0.3 is 0 Å². The molecular formula is C23H28BrN3O3. The molecule has 2 aromatic rings. The molecule has 1 aliphatic heterocycles. The molecule has 1 aliphatic rings. The van der Waals surface area contributed by atoms with Crippen molar-refractivity contribution in [2.24, 2.45) is 5.92 Å². The molecule has 3 rings (SSSR count). The molecule has 0 saturated carbocycles. The third kappa shape index (κ3) is 5.61. The summed E-state index contributed by atoms with van der Waals surface area (Å²) in [6.07, 6.45) is 0.201. The number of hydrogen-bond donors (Lipinski definition) is 1. The van der Waals surface area contributed by atoms with Gasteiger partial charge in [0.2, 0.25) is 11.8 Å². The zero-order chi connectivity index (χ0) is 21.5. The van der Waals surface area contributed by atoms with Crippen LogP contribution in [0, 0.1) is 5.92 Å². The first-order valence-corrected chi connectivity index (χ1v) is 11.1. The number of halogens is 1. The van der Waals surface area contributed by atoms with Crippen molar-refractivity contribution in [1.29, 1.82) is 0 Å². The van der Waals surface area contributed by atoms with E-state index in [1.807, 2.05) is 48.5 Å². The van der Waals surface area contributed by atoms with E-state index in [2.05, 4.69) is 40.0 Å². The Hall–Kier alpha value is -2.38. The maximum Gasteiger partial charge on any atom is 0.229 e. The van der Waals surface area contributed by atoms with Crippen LogP contribution in [-0.2, 0) is 9.59 Å². The van der Waals surface area contributed by atoms with Crippen molar-refractivity contribution in [3.8, 4) is 5.75 Å². The number of anilines is 2. The van der Waals surface area contributed by atoms with E-state index >= 15 is 0 Å². The van der Waals surface area contributed by atoms with Crippen molar-refractivity contribution >= 4 is 39.1 Å². The minimum absolute atomic E-state index is 0.0405. The molecule has 1 unspecified atom stereocenters. The lowest BCUT2D eigenvalue weighted by atomic mass is 10.1. The average Bonchev–Trinajstić information content (AvgIpc) is 3.15. The molecule has 0 spiro atoms. The monoisotopic (exact) mass is 473 g/mol. The van der Waals surface area contributed by atoms with Crippen LogP contribution in [0.15, 0.2) is 53.0 Å². The van der Waals surface area contributed by atoms with Crippen molar-refractivity contribution in [2.45, 2.75) is 20.3 Å². The van der Waals surface area contributed by atoms with Gasteiger partial charge in [0.25, 0.3) is 0 Å². The van der Waals surface area contributed by atoms with Crippen molar-refractivity contribution in [3.05, 3.63) is 53.0 Å². The number of para-hydroxylation sites is 2. The van der Waals surface area contributed by atoms with E-state index in [-0.39, 0.29) is 18.2 Å². The molecule has 0 aliphatic carbocycles. The number of carbonyl (C=O) groups is 2. The fourth-order valence-electron chi connectivity index (χ4n) is 3.51. The van der Waals surface area contributed by atoms with E-state index < -0.39 is 5.92 Å². The van der Waals surface area contributed by atoms with Gasteiger partial charge in [0, 0.05) is 29.7 Å². The van der Waals surface area contributed by atoms with Crippen LogP contribution in [-0.4, -0.2) is 49.5 Å². The molecule has 1 saturated heterocycles. The number of amides is 2. The molecule has 0 bridgehead atoms. The Labute approximate surface area is 186 Å². The molecular weight excluding hydrogens is 446 g/mol. The Morgan fingerprint density at radius 1 is 1.17 bits per heavy atom. The van der Waals surface area contributed by atoms with E-state index in [9.17, 15) is 9.59 Å². The largest absolute Gasteiger partial charge is 0.490 e. The predicted molar refractivity (Wildman–Crippen MR) is 123 cm³/mol. The van der Waals surface area contributed by atoms with Crippen LogP contribution >= 0.6 is 15.9 Å². The highest BCUT2D eigenvalue weighted by molar-refractivity contribution is 9.10. The van der Waals surface area contributed by atoms with Crippen molar-refractivity contribution in [2.75, 3.05) is 43.0 Å². The molecule has 1 fully saturated rings. The lowest BCUT2D eigenvalue weighted by molar-refractivity contribution is -0.122. The molecule has 2 aromatic carbocycles. The Kier molecular flexibility index (Phi) is 7.87. The smallest absolute Gasteiger partial charge is 0.229 e. The second-order valence-electron chi connectivity index (χ2n) is 7.24. The number of nitrogens with zero attached hydrogens (tertiary/aromatic N) is 2. The summed E-state index contributed by atoms with van der Waals surface area (Å²) in [6.45, 7) is 7.95. The zero-order valence-electron chi connectivity index (χ0n) is 17.4. The van der Waals surface area contributed by atoms with Gasteiger partial charge in [-0.2, -0.15) is 0 Å². The second-order valence-corrected chi connectivity index (χ2v) is 8.16. The fraction of sp³-hybridized carbons (Fsp3) is 0.391. The van der Waals surface area contributed by atoms with Gasteiger partial charge in [0.05, 0.1) is 11.6 Å². The van der Waals surface area contributed by atoms with Crippen molar-refractivity contribution in [1.82, 2.24) is 4.90 Å². The van der Waals surface area contributed by atoms with Crippen LogP contribution in [0.4, 0.5) is 11.4 Å². The topological polar surface area (TPSA) is 61.9 Å². The first kappa shape index (κ1) is 22.3. The van der Waals surface area contributed by atoms with Crippen molar-refractivity contribution in [3.63, 3.8) is 0 Å². The quantitative estimate of drug-likeness (QED) is 0.593. The lowest BCUT2D eigenvalue weighted by Gasteiger charge is -2.19. The highest BCUT2D eigenvalue weighted by Gasteiger charge is 2.35. The Morgan fingerprint density at radius 3 is 2.57 bits per heavy atom. The van der Waals surface area contributed by atoms with Crippen LogP contribution in [0.25, 0.3) is 0 Å². The molecule has 0 aromatic heterocycles. The van der Waals surface area contributed by atoms with Crippen LogP contribution in [0.3, 0.4) is 0 Å². The summed E-state index contributed by atoms with van der Waals surface area (Å²) < 4.78 is 6.87. The zero-order valence-corrected chi connectivity index (χ0v) is 19.0. The summed E-state index contributed by atoms with van der Waals surface area (Å²) in [5, 5.41) is 2.96. The molecule has 1 N–H and O–H groups in total. The third-order valence-electron chi connectivity index (χ3n) is 5.34. The first-order valence-electron chi connectivity index (χ1n) is 10.3. The molecule has 0 radical (unpaired) electrons. The molecule has 30 heavy (non-hydrogen) atoms. The maximum absolute atomic E-state index is 12.9. The average molecular weight is 474 g/mol. The number of benzene rings is 2. The Morgan fingerprint density at radius 2 is 1.87 bits per heavy atom. The number of ether oxygens (including phenoxy) is 1. The number of nitrogens with one attached hydrogen (secondary N) is 1. The molecule has 1 heterocycles. The van der Waals surface area contributed by atoms with Gasteiger partial charge in [0.15, 0.2) is 0 Å². The van der Waals surface area contributed by atoms with Gasteiger partial charge in [-0.3, -0.25) is 9.59 Å². The Balaban J connectivity index is 1.61. The molecule has 7 heteroatoms. The lowest BCUT2D eigenvalue weighted by Crippen LogP contribution is -2.29. The summed E-state index contributed by atoms with van der Waals surface area (Å²) in [5.41, 5.74) is 1.44. The van der Waals surface area contributed by atoms with E-state index in [1.54, 1.807) is 4.90 Å². The first-order chi connectivity index (χ1) is 14.5. The number of likely N-dealkylation sites (N-methyl/N-ethyl adjacent to an activating group) is 1. The number of rotatable bonds is 9. The van der Waals surface area contributed by atoms with E-state index in [0.717, 1.165) is 29.8 Å². The van der Waals surface area contributed by atoms with Crippen LogP contribution in [0.2, 0.25) is 0 Å². The SMILES string of the molecule is CCN(CC)CCOc1ccccc1NC(=O)C1CC(=O)N(c2ccc(Br)cc2)C1. The third-order valence-corrected chi connectivity index (χ3v) is 5.87. The molecule has 6 nitrogen and oxygen atoms in total. The van der Waals surface area contributed by atoms with Crippen LogP contribution < -0.4 is 15.0 Å². The van der Waals surface area contributed by atoms with Crippen molar-refractivity contribution < 1.29 is 14.3 Å². The van der Waals surface area contributed by atoms with E-state index in [1.165, 1.54) is 0 Å². The fourth-order valence-corrected chi connectivity index (χ4v) is 3.77. The second kappa shape index (κ2) is 10.6. The molecule has 2 amide bonds. The van der Waals surface area contributed by atoms with E-state index in [0.29, 0.717) is 24.6 Å². The highest BCUT2D eigenvalue weighted by Crippen LogP contribution is 2.29. The predicted octanol–water partition coefficient (Wildman–Crippen LogP) is 4.16. The summed E-state index contributed by atoms with van der Waals surface area (Å²) >= 11 is 3.40. The summed E-state index contributed by atoms with van der Waals surface area (Å²) in [6, 6.07) is 15.0. The van der Waals surface area contributed by atoms with Crippen LogP contribution in [0.5, 0.6) is 5.75 Å². The van der Waals surface area contributed by atoms with Gasteiger partial charge in [-0.05, 0) is 49.5 Å².